The molecular formula is C15H21N3O3. The van der Waals surface area contributed by atoms with Crippen molar-refractivity contribution in [3.05, 3.63) is 29.8 Å². The summed E-state index contributed by atoms with van der Waals surface area (Å²) in [5, 5.41) is 8.56. The van der Waals surface area contributed by atoms with Crippen LogP contribution in [0, 0.1) is 0 Å². The van der Waals surface area contributed by atoms with Gasteiger partial charge in [0, 0.05) is 30.9 Å². The van der Waals surface area contributed by atoms with Gasteiger partial charge in [-0.25, -0.2) is 0 Å². The maximum absolute atomic E-state index is 11.8. The lowest BCUT2D eigenvalue weighted by Gasteiger charge is -2.38. The van der Waals surface area contributed by atoms with Gasteiger partial charge in [-0.15, -0.1) is 0 Å². The van der Waals surface area contributed by atoms with Crippen LogP contribution in [0.25, 0.3) is 0 Å². The smallest absolute Gasteiger partial charge is 0.251 e. The Morgan fingerprint density at radius 3 is 2.76 bits per heavy atom. The lowest BCUT2D eigenvalue weighted by molar-refractivity contribution is -0.130. The van der Waals surface area contributed by atoms with Gasteiger partial charge in [0.15, 0.2) is 0 Å². The van der Waals surface area contributed by atoms with E-state index in [1.807, 2.05) is 13.8 Å². The Bertz CT molecular complexity index is 527. The quantitative estimate of drug-likeness (QED) is 0.723. The summed E-state index contributed by atoms with van der Waals surface area (Å²) in [6.45, 7) is 5.91. The van der Waals surface area contributed by atoms with Crippen LogP contribution in [0.15, 0.2) is 24.3 Å². The molecule has 0 saturated carbocycles. The van der Waals surface area contributed by atoms with Crippen LogP contribution in [-0.4, -0.2) is 43.7 Å². The van der Waals surface area contributed by atoms with Crippen molar-refractivity contribution in [1.29, 1.82) is 0 Å². The first-order valence-corrected chi connectivity index (χ1v) is 7.05. The highest BCUT2D eigenvalue weighted by Gasteiger charge is 2.32. The van der Waals surface area contributed by atoms with Crippen molar-refractivity contribution in [2.24, 2.45) is 0 Å². The summed E-state index contributed by atoms with van der Waals surface area (Å²) in [5.41, 5.74) is 0.857. The van der Waals surface area contributed by atoms with Crippen molar-refractivity contribution in [2.75, 3.05) is 31.6 Å². The van der Waals surface area contributed by atoms with E-state index in [9.17, 15) is 9.59 Å². The van der Waals surface area contributed by atoms with E-state index in [4.69, 9.17) is 4.74 Å². The topological polar surface area (TPSA) is 79.5 Å². The molecule has 0 aliphatic carbocycles. The largest absolute Gasteiger partial charge is 0.363 e. The molecule has 1 heterocycles. The molecule has 0 radical (unpaired) electrons. The molecule has 114 valence electrons. The third-order valence-corrected chi connectivity index (χ3v) is 3.30. The number of nitrogens with one attached hydrogen (secondary N) is 3. The van der Waals surface area contributed by atoms with Crippen LogP contribution < -0.4 is 16.0 Å². The Kier molecular flexibility index (Phi) is 4.93. The van der Waals surface area contributed by atoms with Crippen LogP contribution in [0.2, 0.25) is 0 Å². The average Bonchev–Trinajstić information content (AvgIpc) is 2.43. The van der Waals surface area contributed by atoms with Gasteiger partial charge in [0.1, 0.15) is 6.61 Å². The first kappa shape index (κ1) is 15.5. The third-order valence-electron chi connectivity index (χ3n) is 3.30. The Balaban J connectivity index is 1.88. The van der Waals surface area contributed by atoms with Crippen molar-refractivity contribution in [3.63, 3.8) is 0 Å². The Labute approximate surface area is 124 Å². The number of anilines is 1. The van der Waals surface area contributed by atoms with Crippen molar-refractivity contribution in [2.45, 2.75) is 19.4 Å². The van der Waals surface area contributed by atoms with Gasteiger partial charge < -0.3 is 20.7 Å². The third kappa shape index (κ3) is 4.27. The monoisotopic (exact) mass is 291 g/mol. The number of ether oxygens (including phenoxy) is 1. The predicted octanol–water partition coefficient (Wildman–Crippen LogP) is 0.753. The highest BCUT2D eigenvalue weighted by Crippen LogP contribution is 2.15. The van der Waals surface area contributed by atoms with Crippen molar-refractivity contribution < 1.29 is 14.3 Å². The van der Waals surface area contributed by atoms with Crippen LogP contribution in [0.1, 0.15) is 24.2 Å². The lowest BCUT2D eigenvalue weighted by atomic mass is 10.0. The van der Waals surface area contributed by atoms with Crippen molar-refractivity contribution in [3.8, 4) is 0 Å². The van der Waals surface area contributed by atoms with Gasteiger partial charge in [0.05, 0.1) is 5.60 Å². The molecule has 0 aromatic heterocycles. The first-order valence-electron chi connectivity index (χ1n) is 7.05. The van der Waals surface area contributed by atoms with Gasteiger partial charge in [0.25, 0.3) is 5.91 Å². The van der Waals surface area contributed by atoms with Gasteiger partial charge in [-0.2, -0.15) is 0 Å². The molecule has 6 heteroatoms. The van der Waals surface area contributed by atoms with Crippen molar-refractivity contribution >= 4 is 17.5 Å². The van der Waals surface area contributed by atoms with Crippen molar-refractivity contribution in [1.82, 2.24) is 10.6 Å². The summed E-state index contributed by atoms with van der Waals surface area (Å²) in [6, 6.07) is 6.83. The summed E-state index contributed by atoms with van der Waals surface area (Å²) in [6.07, 6.45) is 0. The molecule has 1 aliphatic heterocycles. The molecule has 0 bridgehead atoms. The molecule has 1 aliphatic rings. The van der Waals surface area contributed by atoms with Gasteiger partial charge in [-0.3, -0.25) is 9.59 Å². The number of hydrogen-bond acceptors (Lipinski definition) is 4. The van der Waals surface area contributed by atoms with E-state index < -0.39 is 0 Å². The molecule has 0 unspecified atom stereocenters. The zero-order chi connectivity index (χ0) is 15.3. The molecule has 6 nitrogen and oxygen atoms in total. The fourth-order valence-electron chi connectivity index (χ4n) is 2.02. The predicted molar refractivity (Wildman–Crippen MR) is 80.3 cm³/mol. The number of amides is 2. The summed E-state index contributed by atoms with van der Waals surface area (Å²) in [7, 11) is 0. The minimum absolute atomic E-state index is 0.00354. The minimum atomic E-state index is -0.250. The van der Waals surface area contributed by atoms with Gasteiger partial charge in [-0.05, 0) is 32.0 Å². The molecule has 0 atom stereocenters. The molecule has 1 aromatic carbocycles. The number of carbonyl (C=O) groups is 2. The molecule has 2 amide bonds. The normalized spacial score (nSPS) is 15.9. The Morgan fingerprint density at radius 2 is 2.14 bits per heavy atom. The standard InChI is InChI=1S/C15H21N3O3/c1-3-17-14(20)11-5-4-6-12(7-11)18-13(19)8-21-15(2)9-16-10-15/h4-7,16H,3,8-10H2,1-2H3,(H,17,20)(H,18,19). The highest BCUT2D eigenvalue weighted by atomic mass is 16.5. The molecule has 0 spiro atoms. The van der Waals surface area contributed by atoms with Gasteiger partial charge >= 0.3 is 0 Å². The van der Waals surface area contributed by atoms with Crippen LogP contribution in [-0.2, 0) is 9.53 Å². The second-order valence-corrected chi connectivity index (χ2v) is 5.33. The number of rotatable bonds is 6. The van der Waals surface area contributed by atoms with Gasteiger partial charge in [0.2, 0.25) is 5.91 Å². The van der Waals surface area contributed by atoms with Crippen LogP contribution in [0.5, 0.6) is 0 Å². The van der Waals surface area contributed by atoms with Crippen LogP contribution >= 0.6 is 0 Å². The summed E-state index contributed by atoms with van der Waals surface area (Å²) in [4.78, 5) is 23.6. The van der Waals surface area contributed by atoms with Gasteiger partial charge in [-0.1, -0.05) is 6.07 Å². The lowest BCUT2D eigenvalue weighted by Crippen LogP contribution is -2.59. The number of benzene rings is 1. The Morgan fingerprint density at radius 1 is 1.38 bits per heavy atom. The second kappa shape index (κ2) is 6.69. The number of carbonyl (C=O) groups excluding carboxylic acids is 2. The summed E-state index contributed by atoms with van der Waals surface area (Å²) >= 11 is 0. The van der Waals surface area contributed by atoms with Crippen LogP contribution in [0.4, 0.5) is 5.69 Å². The average molecular weight is 291 g/mol. The zero-order valence-corrected chi connectivity index (χ0v) is 12.4. The molecule has 21 heavy (non-hydrogen) atoms. The fourth-order valence-corrected chi connectivity index (χ4v) is 2.02. The van der Waals surface area contributed by atoms with Crippen LogP contribution in [0.3, 0.4) is 0 Å². The first-order chi connectivity index (χ1) is 10.0. The molecule has 1 fully saturated rings. The molecule has 1 saturated heterocycles. The SMILES string of the molecule is CCNC(=O)c1cccc(NC(=O)COC2(C)CNC2)c1. The Hall–Kier alpha value is -1.92. The fraction of sp³-hybridized carbons (Fsp3) is 0.467. The second-order valence-electron chi connectivity index (χ2n) is 5.33. The zero-order valence-electron chi connectivity index (χ0n) is 12.4. The maximum atomic E-state index is 11.8. The molecule has 1 aromatic rings. The number of hydrogen-bond donors (Lipinski definition) is 3. The maximum Gasteiger partial charge on any atom is 0.251 e. The van der Waals surface area contributed by atoms with E-state index in [1.54, 1.807) is 24.3 Å². The van der Waals surface area contributed by atoms with E-state index in [2.05, 4.69) is 16.0 Å². The van der Waals surface area contributed by atoms with E-state index in [1.165, 1.54) is 0 Å². The van der Waals surface area contributed by atoms with E-state index in [0.29, 0.717) is 17.8 Å². The highest BCUT2D eigenvalue weighted by molar-refractivity contribution is 5.97. The molecule has 3 N–H and O–H groups in total. The summed E-state index contributed by atoms with van der Waals surface area (Å²) in [5.74, 6) is -0.380. The molecular weight excluding hydrogens is 270 g/mol. The summed E-state index contributed by atoms with van der Waals surface area (Å²) < 4.78 is 5.56. The van der Waals surface area contributed by atoms with E-state index >= 15 is 0 Å². The van der Waals surface area contributed by atoms with E-state index in [0.717, 1.165) is 13.1 Å². The van der Waals surface area contributed by atoms with E-state index in [-0.39, 0.29) is 24.0 Å². The molecule has 2 rings (SSSR count). The minimum Gasteiger partial charge on any atom is -0.363 e.